The first-order chi connectivity index (χ1) is 17.1. The number of primary amides is 1. The molecule has 1 amide bonds. The van der Waals surface area contributed by atoms with Gasteiger partial charge in [0.2, 0.25) is 10.0 Å². The minimum Gasteiger partial charge on any atom is -0.496 e. The Morgan fingerprint density at radius 1 is 1.00 bits per heavy atom. The van der Waals surface area contributed by atoms with Crippen LogP contribution in [0.2, 0.25) is 0 Å². The fraction of sp³-hybridized carbons (Fsp3) is 0.192. The van der Waals surface area contributed by atoms with E-state index in [2.05, 4.69) is 20.2 Å². The van der Waals surface area contributed by atoms with Crippen molar-refractivity contribution in [3.63, 3.8) is 0 Å². The number of anilines is 2. The number of hydrogen-bond acceptors (Lipinski definition) is 7. The first-order valence-electron chi connectivity index (χ1n) is 11.2. The highest BCUT2D eigenvalue weighted by molar-refractivity contribution is 7.89. The molecule has 1 heterocycles. The highest BCUT2D eigenvalue weighted by Crippen LogP contribution is 2.33. The Kier molecular flexibility index (Phi) is 6.91. The van der Waals surface area contributed by atoms with Gasteiger partial charge >= 0.3 is 0 Å². The lowest BCUT2D eigenvalue weighted by atomic mass is 10.0. The third kappa shape index (κ3) is 5.00. The van der Waals surface area contributed by atoms with Crippen molar-refractivity contribution in [3.8, 4) is 17.0 Å². The van der Waals surface area contributed by atoms with Gasteiger partial charge in [0.1, 0.15) is 11.4 Å². The van der Waals surface area contributed by atoms with Crippen LogP contribution in [0.25, 0.3) is 22.0 Å². The van der Waals surface area contributed by atoms with Gasteiger partial charge in [-0.1, -0.05) is 36.4 Å². The van der Waals surface area contributed by atoms with Gasteiger partial charge in [-0.3, -0.25) is 4.79 Å². The monoisotopic (exact) mass is 505 g/mol. The van der Waals surface area contributed by atoms with Crippen LogP contribution in [-0.2, 0) is 10.0 Å². The second-order valence-corrected chi connectivity index (χ2v) is 10.3. The summed E-state index contributed by atoms with van der Waals surface area (Å²) >= 11 is 0. The van der Waals surface area contributed by atoms with Crippen molar-refractivity contribution in [3.05, 3.63) is 71.8 Å². The van der Waals surface area contributed by atoms with Crippen LogP contribution in [0.5, 0.6) is 5.75 Å². The lowest BCUT2D eigenvalue weighted by molar-refractivity contribution is 0.0997. The van der Waals surface area contributed by atoms with E-state index >= 15 is 0 Å². The summed E-state index contributed by atoms with van der Waals surface area (Å²) < 4.78 is 33.6. The summed E-state index contributed by atoms with van der Waals surface area (Å²) in [7, 11) is -2.23. The van der Waals surface area contributed by atoms with Crippen molar-refractivity contribution in [2.24, 2.45) is 5.73 Å². The number of hydrogen-bond donors (Lipinski definition) is 3. The number of nitrogens with two attached hydrogens (primary N) is 1. The molecule has 0 aliphatic heterocycles. The van der Waals surface area contributed by atoms with Gasteiger partial charge in [-0.25, -0.2) is 13.1 Å². The molecule has 4 aromatic rings. The van der Waals surface area contributed by atoms with Crippen LogP contribution in [0.1, 0.15) is 29.8 Å². The van der Waals surface area contributed by atoms with Crippen molar-refractivity contribution >= 4 is 38.2 Å². The zero-order valence-electron chi connectivity index (χ0n) is 20.4. The molecule has 0 bridgehead atoms. The average molecular weight is 506 g/mol. The maximum absolute atomic E-state index is 12.9. The lowest BCUT2D eigenvalue weighted by Crippen LogP contribution is -2.30. The van der Waals surface area contributed by atoms with Crippen LogP contribution in [0.15, 0.2) is 65.6 Å². The number of fused-ring (bicyclic) bond motifs is 1. The molecule has 9 nitrogen and oxygen atoms in total. The fourth-order valence-corrected chi connectivity index (χ4v) is 5.46. The first-order valence-corrected chi connectivity index (χ1v) is 12.7. The van der Waals surface area contributed by atoms with Gasteiger partial charge in [0.15, 0.2) is 5.82 Å². The van der Waals surface area contributed by atoms with E-state index < -0.39 is 15.9 Å². The Morgan fingerprint density at radius 3 is 2.39 bits per heavy atom. The van der Waals surface area contributed by atoms with E-state index in [1.54, 1.807) is 51.1 Å². The van der Waals surface area contributed by atoms with Gasteiger partial charge in [-0.2, -0.15) is 0 Å². The number of sulfonamides is 1. The van der Waals surface area contributed by atoms with Crippen LogP contribution in [-0.4, -0.2) is 37.7 Å². The standard InChI is InChI=1S/C26H27N5O4S/c1-15(2)31-36(33,34)23-13-17(10-9-16(23)3)24-19-7-5-6-8-20(19)26(30-29-24)28-18-11-12-22(35-4)21(14-18)25(27)32/h5-15,31H,1-4H3,(H2,27,32)(H,28,30). The number of rotatable bonds is 8. The molecule has 10 heteroatoms. The Hall–Kier alpha value is -4.02. The third-order valence-electron chi connectivity index (χ3n) is 5.56. The molecule has 0 atom stereocenters. The van der Waals surface area contributed by atoms with E-state index in [4.69, 9.17) is 10.5 Å². The Bertz CT molecular complexity index is 1570. The summed E-state index contributed by atoms with van der Waals surface area (Å²) in [6, 6.07) is 17.5. The average Bonchev–Trinajstić information content (AvgIpc) is 2.83. The Morgan fingerprint density at radius 2 is 1.72 bits per heavy atom. The molecule has 4 N–H and O–H groups in total. The molecule has 4 rings (SSSR count). The normalized spacial score (nSPS) is 11.6. The molecule has 0 aliphatic rings. The molecule has 0 spiro atoms. The predicted molar refractivity (Wildman–Crippen MR) is 140 cm³/mol. The molecule has 3 aromatic carbocycles. The third-order valence-corrected chi connectivity index (χ3v) is 7.36. The summed E-state index contributed by atoms with van der Waals surface area (Å²) in [6.45, 7) is 5.30. The maximum atomic E-state index is 12.9. The number of nitrogens with one attached hydrogen (secondary N) is 2. The van der Waals surface area contributed by atoms with E-state index in [9.17, 15) is 13.2 Å². The summed E-state index contributed by atoms with van der Waals surface area (Å²) in [6.07, 6.45) is 0. The number of ether oxygens (including phenoxy) is 1. The predicted octanol–water partition coefficient (Wildman–Crippen LogP) is 4.14. The van der Waals surface area contributed by atoms with E-state index in [0.29, 0.717) is 34.1 Å². The summed E-state index contributed by atoms with van der Waals surface area (Å²) in [5.74, 6) is 0.228. The van der Waals surface area contributed by atoms with Crippen molar-refractivity contribution in [1.82, 2.24) is 14.9 Å². The molecule has 1 aromatic heterocycles. The topological polar surface area (TPSA) is 136 Å². The molecular formula is C26H27N5O4S. The van der Waals surface area contributed by atoms with Crippen LogP contribution >= 0.6 is 0 Å². The van der Waals surface area contributed by atoms with Crippen molar-refractivity contribution in [2.45, 2.75) is 31.7 Å². The van der Waals surface area contributed by atoms with E-state index in [1.165, 1.54) is 7.11 Å². The fourth-order valence-electron chi connectivity index (χ4n) is 3.94. The van der Waals surface area contributed by atoms with Gasteiger partial charge in [0.25, 0.3) is 5.91 Å². The van der Waals surface area contributed by atoms with Crippen LogP contribution in [0.4, 0.5) is 11.5 Å². The van der Waals surface area contributed by atoms with Crippen LogP contribution in [0.3, 0.4) is 0 Å². The van der Waals surface area contributed by atoms with E-state index in [-0.39, 0.29) is 16.5 Å². The van der Waals surface area contributed by atoms with Crippen molar-refractivity contribution in [2.75, 3.05) is 12.4 Å². The number of carbonyl (C=O) groups is 1. The molecular weight excluding hydrogens is 478 g/mol. The smallest absolute Gasteiger partial charge is 0.252 e. The first kappa shape index (κ1) is 25.1. The molecule has 0 fully saturated rings. The molecule has 36 heavy (non-hydrogen) atoms. The highest BCUT2D eigenvalue weighted by atomic mass is 32.2. The quantitative estimate of drug-likeness (QED) is 0.327. The number of carbonyl (C=O) groups excluding carboxylic acids is 1. The second-order valence-electron chi connectivity index (χ2n) is 8.60. The van der Waals surface area contributed by atoms with Crippen molar-refractivity contribution in [1.29, 1.82) is 0 Å². The number of nitrogens with zero attached hydrogens (tertiary/aromatic N) is 2. The Labute approximate surface area is 209 Å². The molecule has 0 radical (unpaired) electrons. The summed E-state index contributed by atoms with van der Waals surface area (Å²) in [4.78, 5) is 12.0. The zero-order chi connectivity index (χ0) is 26.0. The minimum absolute atomic E-state index is 0.194. The summed E-state index contributed by atoms with van der Waals surface area (Å²) in [5, 5.41) is 13.6. The van der Waals surface area contributed by atoms with Crippen LogP contribution < -0.4 is 20.5 Å². The Balaban J connectivity index is 1.80. The zero-order valence-corrected chi connectivity index (χ0v) is 21.2. The second kappa shape index (κ2) is 9.92. The molecule has 186 valence electrons. The van der Waals surface area contributed by atoms with E-state index in [0.717, 1.165) is 10.8 Å². The molecule has 0 saturated carbocycles. The van der Waals surface area contributed by atoms with Gasteiger partial charge in [0, 0.05) is 28.1 Å². The lowest BCUT2D eigenvalue weighted by Gasteiger charge is -2.15. The number of amides is 1. The van der Waals surface area contributed by atoms with Crippen molar-refractivity contribution < 1.29 is 17.9 Å². The minimum atomic E-state index is -3.70. The van der Waals surface area contributed by atoms with Crippen LogP contribution in [0, 0.1) is 6.92 Å². The molecule has 0 unspecified atom stereocenters. The number of methoxy groups -OCH3 is 1. The highest BCUT2D eigenvalue weighted by Gasteiger charge is 2.20. The van der Waals surface area contributed by atoms with Gasteiger partial charge < -0.3 is 15.8 Å². The van der Waals surface area contributed by atoms with Gasteiger partial charge in [0.05, 0.1) is 17.6 Å². The SMILES string of the molecule is COc1ccc(Nc2nnc(-c3ccc(C)c(S(=O)(=O)NC(C)C)c3)c3ccccc23)cc1C(N)=O. The van der Waals surface area contributed by atoms with Gasteiger partial charge in [-0.05, 0) is 50.6 Å². The maximum Gasteiger partial charge on any atom is 0.252 e. The molecule has 0 aliphatic carbocycles. The summed E-state index contributed by atoms with van der Waals surface area (Å²) in [5.41, 5.74) is 8.11. The number of aromatic nitrogens is 2. The molecule has 0 saturated heterocycles. The van der Waals surface area contributed by atoms with Gasteiger partial charge in [-0.15, -0.1) is 10.2 Å². The number of benzene rings is 3. The van der Waals surface area contributed by atoms with E-state index in [1.807, 2.05) is 30.3 Å². The largest absolute Gasteiger partial charge is 0.496 e. The number of aryl methyl sites for hydroxylation is 1.